The predicted octanol–water partition coefficient (Wildman–Crippen LogP) is 3.62. The van der Waals surface area contributed by atoms with Crippen molar-refractivity contribution in [2.45, 2.75) is 0 Å². The number of aromatic amines is 1. The molecule has 1 aromatic heterocycles. The van der Waals surface area contributed by atoms with E-state index in [1.807, 2.05) is 0 Å². The molecule has 2 aromatic carbocycles. The maximum atomic E-state index is 14.6. The van der Waals surface area contributed by atoms with Crippen LogP contribution in [0.2, 0.25) is 0 Å². The number of carbonyl (C=O) groups is 3. The van der Waals surface area contributed by atoms with Crippen LogP contribution in [0.3, 0.4) is 0 Å². The lowest BCUT2D eigenvalue weighted by Gasteiger charge is -2.10. The van der Waals surface area contributed by atoms with Crippen LogP contribution in [0.5, 0.6) is 5.75 Å². The van der Waals surface area contributed by atoms with Crippen molar-refractivity contribution in [2.75, 3.05) is 17.7 Å². The Morgan fingerprint density at radius 3 is 2.58 bits per heavy atom. The number of anilines is 2. The van der Waals surface area contributed by atoms with E-state index in [9.17, 15) is 18.8 Å². The molecule has 0 saturated carbocycles. The molecule has 8 nitrogen and oxygen atoms in total. The fourth-order valence-electron chi connectivity index (χ4n) is 3.11. The SMILES string of the molecule is COc1ccc(C(=O)NC(=O)Nc2cc3c(cc2F)/C(=C/c2ccc[nH]2)C(=O)N3)cc1. The summed E-state index contributed by atoms with van der Waals surface area (Å²) >= 11 is 0. The number of carbonyl (C=O) groups excluding carboxylic acids is 3. The van der Waals surface area contributed by atoms with Gasteiger partial charge in [0.15, 0.2) is 0 Å². The minimum Gasteiger partial charge on any atom is -0.497 e. The van der Waals surface area contributed by atoms with Crippen LogP contribution in [0.25, 0.3) is 11.6 Å². The number of ether oxygens (including phenoxy) is 1. The second-order valence-electron chi connectivity index (χ2n) is 6.65. The fraction of sp³-hybridized carbons (Fsp3) is 0.0455. The van der Waals surface area contributed by atoms with Crippen molar-refractivity contribution in [2.24, 2.45) is 0 Å². The Hall–Kier alpha value is -4.40. The molecule has 0 fully saturated rings. The Morgan fingerprint density at radius 2 is 1.90 bits per heavy atom. The maximum absolute atomic E-state index is 14.6. The first kappa shape index (κ1) is 19.9. The van der Waals surface area contributed by atoms with E-state index in [1.165, 1.54) is 25.3 Å². The molecule has 0 spiro atoms. The minimum absolute atomic E-state index is 0.180. The van der Waals surface area contributed by atoms with E-state index >= 15 is 0 Å². The van der Waals surface area contributed by atoms with Crippen LogP contribution < -0.4 is 20.7 Å². The second kappa shape index (κ2) is 8.15. The van der Waals surface area contributed by atoms with Crippen molar-refractivity contribution in [1.29, 1.82) is 0 Å². The number of hydrogen-bond acceptors (Lipinski definition) is 4. The molecule has 9 heteroatoms. The van der Waals surface area contributed by atoms with E-state index in [0.717, 1.165) is 6.07 Å². The third kappa shape index (κ3) is 4.15. The third-order valence-corrected chi connectivity index (χ3v) is 4.64. The number of imide groups is 1. The highest BCUT2D eigenvalue weighted by atomic mass is 19.1. The first-order valence-electron chi connectivity index (χ1n) is 9.21. The van der Waals surface area contributed by atoms with Gasteiger partial charge in [-0.15, -0.1) is 0 Å². The van der Waals surface area contributed by atoms with E-state index in [0.29, 0.717) is 28.3 Å². The predicted molar refractivity (Wildman–Crippen MR) is 113 cm³/mol. The van der Waals surface area contributed by atoms with E-state index in [-0.39, 0.29) is 17.2 Å². The molecule has 0 radical (unpaired) electrons. The van der Waals surface area contributed by atoms with Gasteiger partial charge in [0.2, 0.25) is 0 Å². The molecule has 0 unspecified atom stereocenters. The summed E-state index contributed by atoms with van der Waals surface area (Å²) in [6.45, 7) is 0. The molecule has 0 saturated heterocycles. The van der Waals surface area contributed by atoms with Crippen molar-refractivity contribution in [1.82, 2.24) is 10.3 Å². The number of H-pyrrole nitrogens is 1. The number of nitrogens with one attached hydrogen (secondary N) is 4. The van der Waals surface area contributed by atoms with Gasteiger partial charge in [0.1, 0.15) is 11.6 Å². The number of fused-ring (bicyclic) bond motifs is 1. The van der Waals surface area contributed by atoms with Crippen LogP contribution in [0.4, 0.5) is 20.6 Å². The van der Waals surface area contributed by atoms with E-state index in [2.05, 4.69) is 20.9 Å². The average Bonchev–Trinajstić information content (AvgIpc) is 3.37. The third-order valence-electron chi connectivity index (χ3n) is 4.64. The standard InChI is InChI=1S/C22H17FN4O4/c1-31-14-6-4-12(5-7-14)20(28)27-22(30)26-19-11-18-15(10-17(19)23)16(21(29)25-18)9-13-3-2-8-24-13/h2-11,24H,1H3,(H,25,29)(H2,26,27,28,30)/b16-9-. The van der Waals surface area contributed by atoms with Crippen molar-refractivity contribution in [3.8, 4) is 5.75 Å². The van der Waals surface area contributed by atoms with Gasteiger partial charge in [-0.25, -0.2) is 9.18 Å². The molecule has 4 rings (SSSR count). The zero-order chi connectivity index (χ0) is 22.0. The Labute approximate surface area is 176 Å². The molecule has 0 aliphatic carbocycles. The summed E-state index contributed by atoms with van der Waals surface area (Å²) in [6, 6.07) is 11.2. The summed E-state index contributed by atoms with van der Waals surface area (Å²) in [5, 5.41) is 7.06. The summed E-state index contributed by atoms with van der Waals surface area (Å²) in [6.07, 6.45) is 3.31. The fourth-order valence-corrected chi connectivity index (χ4v) is 3.11. The highest BCUT2D eigenvalue weighted by Gasteiger charge is 2.26. The maximum Gasteiger partial charge on any atom is 0.326 e. The van der Waals surface area contributed by atoms with Crippen LogP contribution in [-0.4, -0.2) is 29.9 Å². The monoisotopic (exact) mass is 420 g/mol. The number of halogens is 1. The molecular formula is C22H17FN4O4. The molecule has 1 aliphatic rings. The summed E-state index contributed by atoms with van der Waals surface area (Å²) in [4.78, 5) is 39.6. The van der Waals surface area contributed by atoms with Crippen LogP contribution >= 0.6 is 0 Å². The smallest absolute Gasteiger partial charge is 0.326 e. The number of benzene rings is 2. The van der Waals surface area contributed by atoms with Crippen LogP contribution in [0, 0.1) is 5.82 Å². The highest BCUT2D eigenvalue weighted by Crippen LogP contribution is 2.36. The zero-order valence-electron chi connectivity index (χ0n) is 16.3. The van der Waals surface area contributed by atoms with Gasteiger partial charge in [-0.3, -0.25) is 14.9 Å². The molecule has 2 heterocycles. The van der Waals surface area contributed by atoms with E-state index in [4.69, 9.17) is 4.74 Å². The number of amides is 4. The van der Waals surface area contributed by atoms with Crippen LogP contribution in [-0.2, 0) is 4.79 Å². The average molecular weight is 420 g/mol. The Bertz CT molecular complexity index is 1200. The van der Waals surface area contributed by atoms with Crippen LogP contribution in [0.1, 0.15) is 21.6 Å². The molecule has 4 amide bonds. The summed E-state index contributed by atoms with van der Waals surface area (Å²) in [5.74, 6) is -1.24. The van der Waals surface area contributed by atoms with Gasteiger partial charge in [0.05, 0.1) is 24.1 Å². The number of urea groups is 1. The van der Waals surface area contributed by atoms with Gasteiger partial charge in [-0.05, 0) is 54.6 Å². The van der Waals surface area contributed by atoms with Gasteiger partial charge < -0.3 is 20.4 Å². The van der Waals surface area contributed by atoms with E-state index in [1.54, 1.807) is 36.5 Å². The van der Waals surface area contributed by atoms with Gasteiger partial charge in [0.25, 0.3) is 11.8 Å². The van der Waals surface area contributed by atoms with E-state index < -0.39 is 17.8 Å². The quantitative estimate of drug-likeness (QED) is 0.483. The lowest BCUT2D eigenvalue weighted by atomic mass is 10.1. The van der Waals surface area contributed by atoms with Crippen molar-refractivity contribution in [3.05, 3.63) is 77.4 Å². The zero-order valence-corrected chi connectivity index (χ0v) is 16.3. The van der Waals surface area contributed by atoms with Gasteiger partial charge in [0, 0.05) is 23.0 Å². The molecule has 0 bridgehead atoms. The van der Waals surface area contributed by atoms with Crippen molar-refractivity contribution >= 4 is 40.9 Å². The van der Waals surface area contributed by atoms with Crippen molar-refractivity contribution < 1.29 is 23.5 Å². The molecule has 31 heavy (non-hydrogen) atoms. The Morgan fingerprint density at radius 1 is 1.13 bits per heavy atom. The molecule has 1 aliphatic heterocycles. The van der Waals surface area contributed by atoms with Gasteiger partial charge in [-0.2, -0.15) is 0 Å². The number of rotatable bonds is 4. The van der Waals surface area contributed by atoms with Gasteiger partial charge in [-0.1, -0.05) is 0 Å². The van der Waals surface area contributed by atoms with Crippen LogP contribution in [0.15, 0.2) is 54.7 Å². The molecular weight excluding hydrogens is 403 g/mol. The largest absolute Gasteiger partial charge is 0.497 e. The summed E-state index contributed by atoms with van der Waals surface area (Å²) in [5.41, 5.74) is 1.76. The minimum atomic E-state index is -0.911. The first-order chi connectivity index (χ1) is 14.9. The Balaban J connectivity index is 1.49. The topological polar surface area (TPSA) is 112 Å². The summed E-state index contributed by atoms with van der Waals surface area (Å²) in [7, 11) is 1.50. The lowest BCUT2D eigenvalue weighted by Crippen LogP contribution is -2.34. The van der Waals surface area contributed by atoms with Gasteiger partial charge >= 0.3 is 6.03 Å². The number of methoxy groups -OCH3 is 1. The Kier molecular flexibility index (Phi) is 5.23. The van der Waals surface area contributed by atoms with Crippen molar-refractivity contribution in [3.63, 3.8) is 0 Å². The number of hydrogen-bond donors (Lipinski definition) is 4. The summed E-state index contributed by atoms with van der Waals surface area (Å²) < 4.78 is 19.6. The number of aromatic nitrogens is 1. The second-order valence-corrected chi connectivity index (χ2v) is 6.65. The highest BCUT2D eigenvalue weighted by molar-refractivity contribution is 6.35. The first-order valence-corrected chi connectivity index (χ1v) is 9.21. The lowest BCUT2D eigenvalue weighted by molar-refractivity contribution is -0.110. The molecule has 156 valence electrons. The molecule has 4 N–H and O–H groups in total. The molecule has 3 aromatic rings. The molecule has 0 atom stereocenters. The normalized spacial score (nSPS) is 13.5.